The standard InChI is InChI=1S/C17H20ClN3O/c18-15-4-1-3-13(9-15)7-8-14-11-21(12-14)17(22)6-2-5-16(20)10-19/h1,3-4,9-10,14H,2,5-6,11-12,19-20H2/b16-10-. The Labute approximate surface area is 136 Å². The smallest absolute Gasteiger partial charge is 0.222 e. The van der Waals surface area contributed by atoms with Crippen LogP contribution in [0.3, 0.4) is 0 Å². The molecule has 22 heavy (non-hydrogen) atoms. The number of allylic oxidation sites excluding steroid dienone is 1. The Morgan fingerprint density at radius 2 is 2.18 bits per heavy atom. The lowest BCUT2D eigenvalue weighted by Gasteiger charge is -2.36. The van der Waals surface area contributed by atoms with Crippen LogP contribution < -0.4 is 11.5 Å². The van der Waals surface area contributed by atoms with Gasteiger partial charge in [0.15, 0.2) is 0 Å². The van der Waals surface area contributed by atoms with E-state index in [0.717, 1.165) is 12.0 Å². The van der Waals surface area contributed by atoms with E-state index in [1.165, 1.54) is 6.20 Å². The molecule has 0 bridgehead atoms. The number of hydrogen-bond donors (Lipinski definition) is 2. The van der Waals surface area contributed by atoms with Gasteiger partial charge in [-0.15, -0.1) is 0 Å². The van der Waals surface area contributed by atoms with Crippen LogP contribution in [0, 0.1) is 17.8 Å². The van der Waals surface area contributed by atoms with Crippen LogP contribution >= 0.6 is 11.6 Å². The first-order valence-corrected chi connectivity index (χ1v) is 7.67. The molecular weight excluding hydrogens is 298 g/mol. The molecule has 4 nitrogen and oxygen atoms in total. The van der Waals surface area contributed by atoms with Gasteiger partial charge in [-0.1, -0.05) is 29.5 Å². The summed E-state index contributed by atoms with van der Waals surface area (Å²) < 4.78 is 0. The maximum absolute atomic E-state index is 11.9. The second-order valence-electron chi connectivity index (χ2n) is 5.37. The molecule has 0 atom stereocenters. The highest BCUT2D eigenvalue weighted by molar-refractivity contribution is 6.30. The summed E-state index contributed by atoms with van der Waals surface area (Å²) in [7, 11) is 0. The van der Waals surface area contributed by atoms with Gasteiger partial charge in [-0.3, -0.25) is 4.79 Å². The van der Waals surface area contributed by atoms with E-state index in [4.69, 9.17) is 23.1 Å². The van der Waals surface area contributed by atoms with Gasteiger partial charge in [0.05, 0.1) is 5.92 Å². The molecule has 1 aromatic carbocycles. The molecule has 0 saturated carbocycles. The van der Waals surface area contributed by atoms with Crippen molar-refractivity contribution in [3.8, 4) is 11.8 Å². The zero-order valence-corrected chi connectivity index (χ0v) is 13.1. The highest BCUT2D eigenvalue weighted by Crippen LogP contribution is 2.17. The van der Waals surface area contributed by atoms with Crippen molar-refractivity contribution in [1.82, 2.24) is 4.90 Å². The first kappa shape index (κ1) is 16.3. The number of hydrogen-bond acceptors (Lipinski definition) is 3. The largest absolute Gasteiger partial charge is 0.403 e. The van der Waals surface area contributed by atoms with Gasteiger partial charge in [0.2, 0.25) is 5.91 Å². The SMILES string of the molecule is N/C=C(\N)CCCC(=O)N1CC(C#Cc2cccc(Cl)c2)C1. The minimum Gasteiger partial charge on any atom is -0.403 e. The summed E-state index contributed by atoms with van der Waals surface area (Å²) in [6, 6.07) is 7.47. The molecule has 116 valence electrons. The zero-order valence-electron chi connectivity index (χ0n) is 12.4. The minimum absolute atomic E-state index is 0.158. The van der Waals surface area contributed by atoms with Crippen LogP contribution in [0.25, 0.3) is 0 Å². The van der Waals surface area contributed by atoms with Gasteiger partial charge in [0.1, 0.15) is 0 Å². The molecule has 1 aliphatic rings. The summed E-state index contributed by atoms with van der Waals surface area (Å²) in [5.74, 6) is 6.69. The highest BCUT2D eigenvalue weighted by Gasteiger charge is 2.28. The number of nitrogens with two attached hydrogens (primary N) is 2. The normalized spacial score (nSPS) is 15.0. The van der Waals surface area contributed by atoms with Gasteiger partial charge in [-0.05, 0) is 31.0 Å². The average molecular weight is 318 g/mol. The van der Waals surface area contributed by atoms with Crippen molar-refractivity contribution in [2.45, 2.75) is 19.3 Å². The lowest BCUT2D eigenvalue weighted by molar-refractivity contribution is -0.136. The van der Waals surface area contributed by atoms with Gasteiger partial charge in [-0.25, -0.2) is 0 Å². The molecule has 0 aliphatic carbocycles. The number of carbonyl (C=O) groups is 1. The lowest BCUT2D eigenvalue weighted by atomic mass is 9.99. The van der Waals surface area contributed by atoms with E-state index in [1.807, 2.05) is 29.2 Å². The molecule has 2 rings (SSSR count). The summed E-state index contributed by atoms with van der Waals surface area (Å²) in [5.41, 5.74) is 12.4. The third-order valence-corrected chi connectivity index (χ3v) is 3.78. The summed E-state index contributed by atoms with van der Waals surface area (Å²) >= 11 is 5.91. The molecule has 1 fully saturated rings. The van der Waals surface area contributed by atoms with E-state index in [9.17, 15) is 4.79 Å². The van der Waals surface area contributed by atoms with Crippen molar-refractivity contribution in [2.24, 2.45) is 17.4 Å². The predicted octanol–water partition coefficient (Wildman–Crippen LogP) is 2.08. The molecule has 1 heterocycles. The van der Waals surface area contributed by atoms with Crippen molar-refractivity contribution in [3.63, 3.8) is 0 Å². The van der Waals surface area contributed by atoms with Gasteiger partial charge >= 0.3 is 0 Å². The molecule has 1 aliphatic heterocycles. The van der Waals surface area contributed by atoms with Crippen molar-refractivity contribution < 1.29 is 4.79 Å². The van der Waals surface area contributed by atoms with Crippen LogP contribution in [0.5, 0.6) is 0 Å². The minimum atomic E-state index is 0.158. The topological polar surface area (TPSA) is 72.3 Å². The fourth-order valence-corrected chi connectivity index (χ4v) is 2.40. The molecule has 0 spiro atoms. The number of amides is 1. The zero-order chi connectivity index (χ0) is 15.9. The Balaban J connectivity index is 1.72. The highest BCUT2D eigenvalue weighted by atomic mass is 35.5. The Morgan fingerprint density at radius 1 is 1.41 bits per heavy atom. The van der Waals surface area contributed by atoms with Crippen LogP contribution in [-0.4, -0.2) is 23.9 Å². The third-order valence-electron chi connectivity index (χ3n) is 3.55. The van der Waals surface area contributed by atoms with Crippen molar-refractivity contribution in [3.05, 3.63) is 46.7 Å². The van der Waals surface area contributed by atoms with E-state index >= 15 is 0 Å². The Kier molecular flexibility index (Phi) is 5.74. The second kappa shape index (κ2) is 7.77. The summed E-state index contributed by atoms with van der Waals surface area (Å²) in [6.45, 7) is 1.41. The van der Waals surface area contributed by atoms with Crippen LogP contribution in [0.2, 0.25) is 5.02 Å². The molecule has 0 unspecified atom stereocenters. The van der Waals surface area contributed by atoms with Crippen molar-refractivity contribution in [1.29, 1.82) is 0 Å². The van der Waals surface area contributed by atoms with Crippen LogP contribution in [0.1, 0.15) is 24.8 Å². The summed E-state index contributed by atoms with van der Waals surface area (Å²) in [6.07, 6.45) is 3.28. The molecule has 5 heteroatoms. The monoisotopic (exact) mass is 317 g/mol. The van der Waals surface area contributed by atoms with Crippen LogP contribution in [0.15, 0.2) is 36.2 Å². The average Bonchev–Trinajstić information content (AvgIpc) is 2.45. The van der Waals surface area contributed by atoms with Gasteiger partial charge in [0.25, 0.3) is 0 Å². The maximum atomic E-state index is 11.9. The third kappa shape index (κ3) is 4.71. The number of benzene rings is 1. The number of rotatable bonds is 4. The fourth-order valence-electron chi connectivity index (χ4n) is 2.21. The van der Waals surface area contributed by atoms with E-state index in [0.29, 0.717) is 36.7 Å². The number of likely N-dealkylation sites (tertiary alicyclic amines) is 1. The van der Waals surface area contributed by atoms with Crippen molar-refractivity contribution in [2.75, 3.05) is 13.1 Å². The lowest BCUT2D eigenvalue weighted by Crippen LogP contribution is -2.49. The number of carbonyl (C=O) groups excluding carboxylic acids is 1. The van der Waals surface area contributed by atoms with Gasteiger partial charge in [0, 0.05) is 42.0 Å². The quantitative estimate of drug-likeness (QED) is 0.835. The molecule has 0 radical (unpaired) electrons. The second-order valence-corrected chi connectivity index (χ2v) is 5.81. The van der Waals surface area contributed by atoms with Crippen LogP contribution in [-0.2, 0) is 4.79 Å². The summed E-state index contributed by atoms with van der Waals surface area (Å²) in [4.78, 5) is 13.8. The number of halogens is 1. The molecular formula is C17H20ClN3O. The Hall–Kier alpha value is -2.12. The van der Waals surface area contributed by atoms with E-state index < -0.39 is 0 Å². The molecule has 1 aromatic rings. The fraction of sp³-hybridized carbons (Fsp3) is 0.353. The molecule has 1 amide bonds. The molecule has 4 N–H and O–H groups in total. The van der Waals surface area contributed by atoms with E-state index in [2.05, 4.69) is 11.8 Å². The Morgan fingerprint density at radius 3 is 2.86 bits per heavy atom. The van der Waals surface area contributed by atoms with E-state index in [-0.39, 0.29) is 11.8 Å². The predicted molar refractivity (Wildman–Crippen MR) is 88.7 cm³/mol. The first-order chi connectivity index (χ1) is 10.6. The number of nitrogens with zero attached hydrogens (tertiary/aromatic N) is 1. The van der Waals surface area contributed by atoms with Crippen molar-refractivity contribution >= 4 is 17.5 Å². The van der Waals surface area contributed by atoms with Gasteiger partial charge in [-0.2, -0.15) is 0 Å². The van der Waals surface area contributed by atoms with Crippen LogP contribution in [0.4, 0.5) is 0 Å². The van der Waals surface area contributed by atoms with E-state index in [1.54, 1.807) is 0 Å². The molecule has 1 saturated heterocycles. The maximum Gasteiger partial charge on any atom is 0.222 e. The summed E-state index contributed by atoms with van der Waals surface area (Å²) in [5, 5.41) is 0.683. The molecule has 0 aromatic heterocycles. The van der Waals surface area contributed by atoms with Gasteiger partial charge < -0.3 is 16.4 Å². The Bertz CT molecular complexity index is 624. The first-order valence-electron chi connectivity index (χ1n) is 7.29.